The maximum absolute atomic E-state index is 10.7. The zero-order valence-electron chi connectivity index (χ0n) is 10.8. The molecule has 0 aliphatic carbocycles. The Hall–Kier alpha value is -2.53. The standard InChI is InChI=1S/C15H15N3O2/c16-14(15(19)20)10-11-6-8-13(9-7-11)18-17-12-4-2-1-3-5-12/h1-9,14H,10,16H2,(H,19,20)/t14-/m0/s1. The Morgan fingerprint density at radius 2 is 1.55 bits per heavy atom. The summed E-state index contributed by atoms with van der Waals surface area (Å²) in [5.74, 6) is -1.00. The van der Waals surface area contributed by atoms with Gasteiger partial charge in [0.1, 0.15) is 6.04 Å². The molecular formula is C15H15N3O2. The van der Waals surface area contributed by atoms with E-state index in [1.54, 1.807) is 12.1 Å². The second-order valence-corrected chi connectivity index (χ2v) is 4.35. The van der Waals surface area contributed by atoms with E-state index in [1.165, 1.54) is 0 Å². The lowest BCUT2D eigenvalue weighted by Crippen LogP contribution is -2.32. The van der Waals surface area contributed by atoms with E-state index >= 15 is 0 Å². The summed E-state index contributed by atoms with van der Waals surface area (Å²) in [4.78, 5) is 10.7. The van der Waals surface area contributed by atoms with Gasteiger partial charge in [0.2, 0.25) is 0 Å². The first-order valence-corrected chi connectivity index (χ1v) is 6.19. The number of nitrogens with two attached hydrogens (primary N) is 1. The monoisotopic (exact) mass is 269 g/mol. The van der Waals surface area contributed by atoms with Crippen LogP contribution < -0.4 is 5.73 Å². The smallest absolute Gasteiger partial charge is 0.320 e. The predicted molar refractivity (Wildman–Crippen MR) is 76.4 cm³/mol. The highest BCUT2D eigenvalue weighted by Crippen LogP contribution is 2.18. The van der Waals surface area contributed by atoms with Gasteiger partial charge in [0, 0.05) is 0 Å². The quantitative estimate of drug-likeness (QED) is 0.817. The Morgan fingerprint density at radius 1 is 1.00 bits per heavy atom. The molecule has 102 valence electrons. The number of aliphatic carboxylic acids is 1. The van der Waals surface area contributed by atoms with Crippen molar-refractivity contribution in [1.82, 2.24) is 0 Å². The van der Waals surface area contributed by atoms with E-state index in [4.69, 9.17) is 10.8 Å². The number of hydrogen-bond donors (Lipinski definition) is 2. The van der Waals surface area contributed by atoms with Gasteiger partial charge in [-0.15, -0.1) is 0 Å². The predicted octanol–water partition coefficient (Wildman–Crippen LogP) is 3.06. The van der Waals surface area contributed by atoms with Crippen LogP contribution in [0.1, 0.15) is 5.56 Å². The first-order chi connectivity index (χ1) is 9.65. The van der Waals surface area contributed by atoms with Crippen LogP contribution in [0.15, 0.2) is 64.8 Å². The molecule has 0 aliphatic rings. The summed E-state index contributed by atoms with van der Waals surface area (Å²) < 4.78 is 0. The molecule has 0 unspecified atom stereocenters. The van der Waals surface area contributed by atoms with Crippen LogP contribution >= 0.6 is 0 Å². The summed E-state index contributed by atoms with van der Waals surface area (Å²) in [7, 11) is 0. The van der Waals surface area contributed by atoms with Gasteiger partial charge in [-0.05, 0) is 36.2 Å². The van der Waals surface area contributed by atoms with Crippen LogP contribution in [0, 0.1) is 0 Å². The van der Waals surface area contributed by atoms with E-state index in [0.717, 1.165) is 11.3 Å². The Kier molecular flexibility index (Phi) is 4.57. The van der Waals surface area contributed by atoms with Crippen molar-refractivity contribution in [3.8, 4) is 0 Å². The van der Waals surface area contributed by atoms with Gasteiger partial charge in [-0.1, -0.05) is 30.3 Å². The molecule has 0 fully saturated rings. The molecule has 2 aromatic carbocycles. The Bertz CT molecular complexity index is 594. The molecule has 0 aromatic heterocycles. The molecule has 2 aromatic rings. The van der Waals surface area contributed by atoms with Crippen molar-refractivity contribution in [1.29, 1.82) is 0 Å². The molecule has 0 spiro atoms. The summed E-state index contributed by atoms with van der Waals surface area (Å²) in [6.07, 6.45) is 0.297. The molecule has 3 N–H and O–H groups in total. The first-order valence-electron chi connectivity index (χ1n) is 6.19. The second-order valence-electron chi connectivity index (χ2n) is 4.35. The van der Waals surface area contributed by atoms with Crippen LogP contribution in [0.5, 0.6) is 0 Å². The van der Waals surface area contributed by atoms with E-state index in [0.29, 0.717) is 12.1 Å². The van der Waals surface area contributed by atoms with E-state index in [2.05, 4.69) is 10.2 Å². The molecular weight excluding hydrogens is 254 g/mol. The second kappa shape index (κ2) is 6.58. The lowest BCUT2D eigenvalue weighted by molar-refractivity contribution is -0.138. The van der Waals surface area contributed by atoms with Crippen LogP contribution in [0.25, 0.3) is 0 Å². The lowest BCUT2D eigenvalue weighted by atomic mass is 10.1. The number of benzene rings is 2. The molecule has 5 heteroatoms. The zero-order valence-corrected chi connectivity index (χ0v) is 10.8. The lowest BCUT2D eigenvalue weighted by Gasteiger charge is -2.05. The maximum Gasteiger partial charge on any atom is 0.320 e. The van der Waals surface area contributed by atoms with Gasteiger partial charge >= 0.3 is 5.97 Å². The van der Waals surface area contributed by atoms with Crippen LogP contribution in [-0.2, 0) is 11.2 Å². The van der Waals surface area contributed by atoms with E-state index in [1.807, 2.05) is 42.5 Å². The molecule has 0 heterocycles. The Morgan fingerprint density at radius 3 is 2.10 bits per heavy atom. The number of carboxylic acids is 1. The fraction of sp³-hybridized carbons (Fsp3) is 0.133. The topological polar surface area (TPSA) is 88.0 Å². The Labute approximate surface area is 116 Å². The maximum atomic E-state index is 10.7. The summed E-state index contributed by atoms with van der Waals surface area (Å²) in [5, 5.41) is 17.0. The zero-order chi connectivity index (χ0) is 14.4. The largest absolute Gasteiger partial charge is 0.480 e. The summed E-state index contributed by atoms with van der Waals surface area (Å²) in [6, 6.07) is 15.7. The molecule has 0 amide bonds. The third kappa shape index (κ3) is 4.00. The van der Waals surface area contributed by atoms with Crippen molar-refractivity contribution in [3.05, 3.63) is 60.2 Å². The molecule has 0 radical (unpaired) electrons. The molecule has 0 bridgehead atoms. The summed E-state index contributed by atoms with van der Waals surface area (Å²) >= 11 is 0. The number of carboxylic acid groups (broad SMARTS) is 1. The molecule has 0 aliphatic heterocycles. The van der Waals surface area contributed by atoms with Crippen molar-refractivity contribution in [2.45, 2.75) is 12.5 Å². The molecule has 0 saturated heterocycles. The van der Waals surface area contributed by atoms with Crippen molar-refractivity contribution in [2.24, 2.45) is 16.0 Å². The summed E-state index contributed by atoms with van der Waals surface area (Å²) in [6.45, 7) is 0. The average molecular weight is 269 g/mol. The third-order valence-electron chi connectivity index (χ3n) is 2.75. The third-order valence-corrected chi connectivity index (χ3v) is 2.75. The van der Waals surface area contributed by atoms with E-state index in [9.17, 15) is 4.79 Å². The van der Waals surface area contributed by atoms with Crippen LogP contribution in [0.3, 0.4) is 0 Å². The van der Waals surface area contributed by atoms with Gasteiger partial charge in [0.25, 0.3) is 0 Å². The van der Waals surface area contributed by atoms with Gasteiger partial charge < -0.3 is 10.8 Å². The van der Waals surface area contributed by atoms with Gasteiger partial charge in [0.05, 0.1) is 11.4 Å². The average Bonchev–Trinajstić information content (AvgIpc) is 2.47. The molecule has 5 nitrogen and oxygen atoms in total. The number of nitrogens with zero attached hydrogens (tertiary/aromatic N) is 2. The van der Waals surface area contributed by atoms with Gasteiger partial charge in [-0.3, -0.25) is 4.79 Å². The molecule has 1 atom stereocenters. The fourth-order valence-corrected chi connectivity index (χ4v) is 1.65. The molecule has 2 rings (SSSR count). The number of hydrogen-bond acceptors (Lipinski definition) is 4. The Balaban J connectivity index is 2.02. The summed E-state index contributed by atoms with van der Waals surface area (Å²) in [5.41, 5.74) is 7.83. The minimum atomic E-state index is -1.00. The fourth-order valence-electron chi connectivity index (χ4n) is 1.65. The highest BCUT2D eigenvalue weighted by Gasteiger charge is 2.11. The minimum Gasteiger partial charge on any atom is -0.480 e. The van der Waals surface area contributed by atoms with E-state index < -0.39 is 12.0 Å². The first kappa shape index (κ1) is 13.9. The van der Waals surface area contributed by atoms with Crippen molar-refractivity contribution in [2.75, 3.05) is 0 Å². The number of carbonyl (C=O) groups is 1. The molecule has 20 heavy (non-hydrogen) atoms. The van der Waals surface area contributed by atoms with Crippen LogP contribution in [0.4, 0.5) is 11.4 Å². The number of azo groups is 1. The highest BCUT2D eigenvalue weighted by atomic mass is 16.4. The van der Waals surface area contributed by atoms with Crippen molar-refractivity contribution >= 4 is 17.3 Å². The highest BCUT2D eigenvalue weighted by molar-refractivity contribution is 5.73. The van der Waals surface area contributed by atoms with Crippen molar-refractivity contribution in [3.63, 3.8) is 0 Å². The number of rotatable bonds is 5. The van der Waals surface area contributed by atoms with Crippen molar-refractivity contribution < 1.29 is 9.90 Å². The SMILES string of the molecule is N[C@@H](Cc1ccc(N=Nc2ccccc2)cc1)C(=O)O. The minimum absolute atomic E-state index is 0.297. The van der Waals surface area contributed by atoms with Gasteiger partial charge in [0.15, 0.2) is 0 Å². The van der Waals surface area contributed by atoms with Gasteiger partial charge in [-0.2, -0.15) is 10.2 Å². The van der Waals surface area contributed by atoms with E-state index in [-0.39, 0.29) is 0 Å². The van der Waals surface area contributed by atoms with Crippen LogP contribution in [-0.4, -0.2) is 17.1 Å². The van der Waals surface area contributed by atoms with Crippen LogP contribution in [0.2, 0.25) is 0 Å². The van der Waals surface area contributed by atoms with Gasteiger partial charge in [-0.25, -0.2) is 0 Å². The normalized spacial score (nSPS) is 12.4. The molecule has 0 saturated carbocycles.